The van der Waals surface area contributed by atoms with Crippen LogP contribution in [0.25, 0.3) is 0 Å². The minimum Gasteiger partial charge on any atom is -0.490 e. The van der Waals surface area contributed by atoms with Crippen molar-refractivity contribution in [3.63, 3.8) is 0 Å². The van der Waals surface area contributed by atoms with Gasteiger partial charge in [0.1, 0.15) is 0 Å². The van der Waals surface area contributed by atoms with Crippen molar-refractivity contribution in [1.82, 2.24) is 0 Å². The third-order valence-electron chi connectivity index (χ3n) is 3.50. The minimum absolute atomic E-state index is 0.00552. The molecule has 7 heteroatoms. The Morgan fingerprint density at radius 2 is 1.80 bits per heavy atom. The summed E-state index contributed by atoms with van der Waals surface area (Å²) in [6.45, 7) is 4.63. The second-order valence-corrected chi connectivity index (χ2v) is 6.00. The number of non-ortho nitro benzene ring substituents is 1. The lowest BCUT2D eigenvalue weighted by molar-refractivity contribution is -0.384. The third kappa shape index (κ3) is 3.99. The largest absolute Gasteiger partial charge is 0.490 e. The van der Waals surface area contributed by atoms with E-state index in [1.54, 1.807) is 0 Å². The van der Waals surface area contributed by atoms with Crippen LogP contribution in [0.2, 0.25) is 10.0 Å². The highest BCUT2D eigenvalue weighted by Gasteiger charge is 2.27. The Morgan fingerprint density at radius 3 is 2.15 bits per heavy atom. The molecular weight excluding hydrogens is 369 g/mol. The van der Waals surface area contributed by atoms with E-state index in [0.29, 0.717) is 12.4 Å². The topological polar surface area (TPSA) is 52.4 Å². The monoisotopic (exact) mass is 383 g/mol. The zero-order valence-electron chi connectivity index (χ0n) is 11.3. The SMILES string of the molecule is CCC(CC)(CBr)COc1c(Cl)cc([N+](=O)[O-])cc1Cl. The van der Waals surface area contributed by atoms with E-state index in [1.807, 2.05) is 0 Å². The predicted molar refractivity (Wildman–Crippen MR) is 85.4 cm³/mol. The number of hydrogen-bond acceptors (Lipinski definition) is 3. The molecule has 0 spiro atoms. The van der Waals surface area contributed by atoms with Crippen molar-refractivity contribution in [2.24, 2.45) is 5.41 Å². The lowest BCUT2D eigenvalue weighted by Crippen LogP contribution is -2.29. The Balaban J connectivity index is 2.96. The number of hydrogen-bond donors (Lipinski definition) is 0. The van der Waals surface area contributed by atoms with Gasteiger partial charge in [0.15, 0.2) is 5.75 Å². The van der Waals surface area contributed by atoms with Gasteiger partial charge in [0.25, 0.3) is 5.69 Å². The maximum Gasteiger partial charge on any atom is 0.272 e. The predicted octanol–water partition coefficient (Wildman–Crippen LogP) is 5.48. The normalized spacial score (nSPS) is 11.4. The summed E-state index contributed by atoms with van der Waals surface area (Å²) in [4.78, 5) is 10.2. The molecule has 4 nitrogen and oxygen atoms in total. The number of rotatable bonds is 7. The molecule has 1 aromatic carbocycles. The lowest BCUT2D eigenvalue weighted by Gasteiger charge is -2.29. The number of nitrogens with zero attached hydrogens (tertiary/aromatic N) is 1. The van der Waals surface area contributed by atoms with Gasteiger partial charge in [-0.25, -0.2) is 0 Å². The molecule has 1 rings (SSSR count). The summed E-state index contributed by atoms with van der Waals surface area (Å²) >= 11 is 15.5. The molecule has 20 heavy (non-hydrogen) atoms. The molecule has 0 atom stereocenters. The molecule has 1 aromatic rings. The molecule has 0 N–H and O–H groups in total. The van der Waals surface area contributed by atoms with Crippen LogP contribution in [-0.4, -0.2) is 16.9 Å². The molecule has 0 bridgehead atoms. The van der Waals surface area contributed by atoms with Crippen molar-refractivity contribution in [2.75, 3.05) is 11.9 Å². The number of ether oxygens (including phenoxy) is 1. The molecule has 0 aliphatic carbocycles. The van der Waals surface area contributed by atoms with Gasteiger partial charge >= 0.3 is 0 Å². The Morgan fingerprint density at radius 1 is 1.30 bits per heavy atom. The van der Waals surface area contributed by atoms with Gasteiger partial charge < -0.3 is 4.74 Å². The first-order chi connectivity index (χ1) is 9.39. The van der Waals surface area contributed by atoms with Crippen molar-refractivity contribution in [2.45, 2.75) is 26.7 Å². The van der Waals surface area contributed by atoms with E-state index in [-0.39, 0.29) is 21.1 Å². The standard InChI is InChI=1S/C13H16BrCl2NO3/c1-3-13(4-2,7-14)8-20-12-10(15)5-9(17(18)19)6-11(12)16/h5-6H,3-4,7-8H2,1-2H3. The van der Waals surface area contributed by atoms with Crippen molar-refractivity contribution < 1.29 is 9.66 Å². The van der Waals surface area contributed by atoms with Gasteiger partial charge in [-0.3, -0.25) is 10.1 Å². The van der Waals surface area contributed by atoms with Crippen LogP contribution in [0.1, 0.15) is 26.7 Å². The fourth-order valence-corrected chi connectivity index (χ4v) is 3.24. The van der Waals surface area contributed by atoms with Crippen molar-refractivity contribution in [1.29, 1.82) is 0 Å². The van der Waals surface area contributed by atoms with Gasteiger partial charge in [-0.1, -0.05) is 53.0 Å². The Bertz CT molecular complexity index is 461. The van der Waals surface area contributed by atoms with E-state index in [2.05, 4.69) is 29.8 Å². The molecule has 0 saturated heterocycles. The van der Waals surface area contributed by atoms with Crippen LogP contribution >= 0.6 is 39.1 Å². The smallest absolute Gasteiger partial charge is 0.272 e. The number of benzene rings is 1. The van der Waals surface area contributed by atoms with Crippen LogP contribution in [0.3, 0.4) is 0 Å². The minimum atomic E-state index is -0.539. The Labute approximate surface area is 136 Å². The highest BCUT2D eigenvalue weighted by atomic mass is 79.9. The first-order valence-corrected chi connectivity index (χ1v) is 8.09. The van der Waals surface area contributed by atoms with Crippen LogP contribution in [0.15, 0.2) is 12.1 Å². The van der Waals surface area contributed by atoms with Gasteiger partial charge in [0.2, 0.25) is 0 Å². The summed E-state index contributed by atoms with van der Waals surface area (Å²) in [7, 11) is 0. The van der Waals surface area contributed by atoms with Crippen LogP contribution in [0.4, 0.5) is 5.69 Å². The van der Waals surface area contributed by atoms with Gasteiger partial charge in [-0.2, -0.15) is 0 Å². The molecule has 0 aromatic heterocycles. The average Bonchev–Trinajstić information content (AvgIpc) is 2.42. The molecule has 0 fully saturated rings. The first kappa shape index (κ1) is 17.5. The van der Waals surface area contributed by atoms with Gasteiger partial charge in [-0.05, 0) is 12.8 Å². The zero-order valence-corrected chi connectivity index (χ0v) is 14.4. The summed E-state index contributed by atoms with van der Waals surface area (Å²) in [6.07, 6.45) is 1.88. The van der Waals surface area contributed by atoms with E-state index in [0.717, 1.165) is 18.2 Å². The van der Waals surface area contributed by atoms with E-state index >= 15 is 0 Å². The molecule has 0 heterocycles. The molecule has 0 radical (unpaired) electrons. The van der Waals surface area contributed by atoms with Crippen molar-refractivity contribution in [3.05, 3.63) is 32.3 Å². The summed E-state index contributed by atoms with van der Waals surface area (Å²) < 4.78 is 5.72. The van der Waals surface area contributed by atoms with Gasteiger partial charge in [0.05, 0.1) is 21.6 Å². The molecule has 0 unspecified atom stereocenters. The quantitative estimate of drug-likeness (QED) is 0.355. The van der Waals surface area contributed by atoms with E-state index < -0.39 is 4.92 Å². The Kier molecular flexibility index (Phi) is 6.55. The van der Waals surface area contributed by atoms with E-state index in [9.17, 15) is 10.1 Å². The molecule has 112 valence electrons. The fraction of sp³-hybridized carbons (Fsp3) is 0.538. The zero-order chi connectivity index (χ0) is 15.3. The number of halogens is 3. The van der Waals surface area contributed by atoms with Crippen LogP contribution in [-0.2, 0) is 0 Å². The van der Waals surface area contributed by atoms with Crippen molar-refractivity contribution >= 4 is 44.8 Å². The average molecular weight is 385 g/mol. The van der Waals surface area contributed by atoms with Gasteiger partial charge in [-0.15, -0.1) is 0 Å². The Hall–Kier alpha value is -0.520. The molecule has 0 amide bonds. The summed E-state index contributed by atoms with van der Waals surface area (Å²) in [5, 5.41) is 11.8. The second kappa shape index (κ2) is 7.48. The number of nitro benzene ring substituents is 1. The summed E-state index contributed by atoms with van der Waals surface area (Å²) in [5.41, 5.74) is -0.154. The summed E-state index contributed by atoms with van der Waals surface area (Å²) in [5.74, 6) is 0.297. The third-order valence-corrected chi connectivity index (χ3v) is 5.25. The molecule has 0 aliphatic rings. The van der Waals surface area contributed by atoms with Crippen LogP contribution < -0.4 is 4.74 Å². The second-order valence-electron chi connectivity index (χ2n) is 4.63. The molecule has 0 saturated carbocycles. The van der Waals surface area contributed by atoms with E-state index in [4.69, 9.17) is 27.9 Å². The van der Waals surface area contributed by atoms with Crippen LogP contribution in [0.5, 0.6) is 5.75 Å². The maximum absolute atomic E-state index is 10.7. The van der Waals surface area contributed by atoms with Gasteiger partial charge in [0, 0.05) is 22.9 Å². The summed E-state index contributed by atoms with van der Waals surface area (Å²) in [6, 6.07) is 2.49. The van der Waals surface area contributed by atoms with E-state index in [1.165, 1.54) is 12.1 Å². The fourth-order valence-electron chi connectivity index (χ4n) is 1.70. The first-order valence-electron chi connectivity index (χ1n) is 6.21. The highest BCUT2D eigenvalue weighted by molar-refractivity contribution is 9.09. The highest BCUT2D eigenvalue weighted by Crippen LogP contribution is 2.38. The van der Waals surface area contributed by atoms with Crippen LogP contribution in [0, 0.1) is 15.5 Å². The molecular formula is C13H16BrCl2NO3. The molecule has 0 aliphatic heterocycles. The van der Waals surface area contributed by atoms with Crippen molar-refractivity contribution in [3.8, 4) is 5.75 Å². The number of nitro groups is 1. The number of alkyl halides is 1. The lowest BCUT2D eigenvalue weighted by atomic mass is 9.86. The maximum atomic E-state index is 10.7.